The lowest BCUT2D eigenvalue weighted by Crippen LogP contribution is -2.56. The Morgan fingerprint density at radius 2 is 2.10 bits per heavy atom. The molecule has 1 aliphatic heterocycles. The van der Waals surface area contributed by atoms with Crippen LogP contribution in [0.25, 0.3) is 0 Å². The van der Waals surface area contributed by atoms with Gasteiger partial charge in [-0.2, -0.15) is 0 Å². The molecular formula is C13H15ClN4O3. The Balaban J connectivity index is 1.99. The Hall–Kier alpha value is -2.12. The fourth-order valence-corrected chi connectivity index (χ4v) is 2.09. The molecule has 21 heavy (non-hydrogen) atoms. The fraction of sp³-hybridized carbons (Fsp3) is 0.308. The second-order valence-electron chi connectivity index (χ2n) is 4.60. The standard InChI is InChI=1S/C13H15ClN4O3/c1-7(19)17-10-3-2-8(4-9(10)14)18-13(21)11-5-16-12(20)6-15-11/h2-4,11,15H,5-6H2,1H3,(H,16,20)(H,17,19)(H,18,21). The summed E-state index contributed by atoms with van der Waals surface area (Å²) in [5, 5.41) is 11.0. The fourth-order valence-electron chi connectivity index (χ4n) is 1.87. The van der Waals surface area contributed by atoms with Gasteiger partial charge in [0.15, 0.2) is 0 Å². The number of amides is 3. The number of anilines is 2. The van der Waals surface area contributed by atoms with E-state index in [1.54, 1.807) is 18.2 Å². The van der Waals surface area contributed by atoms with Crippen molar-refractivity contribution in [1.82, 2.24) is 10.6 Å². The number of benzene rings is 1. The van der Waals surface area contributed by atoms with Gasteiger partial charge in [0.05, 0.1) is 17.3 Å². The van der Waals surface area contributed by atoms with Gasteiger partial charge < -0.3 is 16.0 Å². The van der Waals surface area contributed by atoms with Gasteiger partial charge in [-0.3, -0.25) is 19.7 Å². The van der Waals surface area contributed by atoms with E-state index in [9.17, 15) is 14.4 Å². The zero-order valence-electron chi connectivity index (χ0n) is 11.3. The molecule has 0 spiro atoms. The van der Waals surface area contributed by atoms with Gasteiger partial charge in [-0.05, 0) is 18.2 Å². The number of rotatable bonds is 3. The third-order valence-electron chi connectivity index (χ3n) is 2.88. The van der Waals surface area contributed by atoms with E-state index in [-0.39, 0.29) is 30.8 Å². The van der Waals surface area contributed by atoms with Crippen LogP contribution in [0.2, 0.25) is 5.02 Å². The maximum absolute atomic E-state index is 12.0. The van der Waals surface area contributed by atoms with Crippen LogP contribution < -0.4 is 21.3 Å². The van der Waals surface area contributed by atoms with Crippen molar-refractivity contribution in [3.63, 3.8) is 0 Å². The molecule has 4 N–H and O–H groups in total. The molecule has 112 valence electrons. The molecule has 0 saturated carbocycles. The molecule has 3 amide bonds. The van der Waals surface area contributed by atoms with Gasteiger partial charge in [0.2, 0.25) is 17.7 Å². The van der Waals surface area contributed by atoms with E-state index in [2.05, 4.69) is 21.3 Å². The highest BCUT2D eigenvalue weighted by Crippen LogP contribution is 2.25. The summed E-state index contributed by atoms with van der Waals surface area (Å²) in [5.41, 5.74) is 0.989. The number of hydrogen-bond donors (Lipinski definition) is 4. The van der Waals surface area contributed by atoms with E-state index in [1.165, 1.54) is 6.92 Å². The number of halogens is 1. The first-order chi connectivity index (χ1) is 9.95. The van der Waals surface area contributed by atoms with Gasteiger partial charge in [-0.25, -0.2) is 0 Å². The third-order valence-corrected chi connectivity index (χ3v) is 3.19. The van der Waals surface area contributed by atoms with Crippen LogP contribution in [0, 0.1) is 0 Å². The first-order valence-corrected chi connectivity index (χ1v) is 6.71. The Morgan fingerprint density at radius 3 is 2.67 bits per heavy atom. The average Bonchev–Trinajstić information content (AvgIpc) is 2.42. The monoisotopic (exact) mass is 310 g/mol. The zero-order chi connectivity index (χ0) is 15.4. The van der Waals surface area contributed by atoms with Crippen LogP contribution in [0.4, 0.5) is 11.4 Å². The van der Waals surface area contributed by atoms with E-state index in [0.717, 1.165) is 0 Å². The lowest BCUT2D eigenvalue weighted by molar-refractivity contribution is -0.124. The van der Waals surface area contributed by atoms with Crippen LogP contribution in [0.1, 0.15) is 6.92 Å². The van der Waals surface area contributed by atoms with E-state index in [4.69, 9.17) is 11.6 Å². The van der Waals surface area contributed by atoms with E-state index in [1.807, 2.05) is 0 Å². The van der Waals surface area contributed by atoms with Crippen LogP contribution in [0.5, 0.6) is 0 Å². The summed E-state index contributed by atoms with van der Waals surface area (Å²) in [5.74, 6) is -0.629. The Morgan fingerprint density at radius 1 is 1.33 bits per heavy atom. The normalized spacial score (nSPS) is 17.8. The van der Waals surface area contributed by atoms with E-state index in [0.29, 0.717) is 16.4 Å². The minimum absolute atomic E-state index is 0.111. The van der Waals surface area contributed by atoms with Crippen molar-refractivity contribution in [2.75, 3.05) is 23.7 Å². The lowest BCUT2D eigenvalue weighted by atomic mass is 10.2. The van der Waals surface area contributed by atoms with Crippen LogP contribution >= 0.6 is 11.6 Å². The number of carbonyl (C=O) groups is 3. The topological polar surface area (TPSA) is 99.3 Å². The molecule has 1 atom stereocenters. The van der Waals surface area contributed by atoms with Crippen molar-refractivity contribution in [1.29, 1.82) is 0 Å². The maximum atomic E-state index is 12.0. The molecule has 0 radical (unpaired) electrons. The number of piperazine rings is 1. The average molecular weight is 311 g/mol. The number of carbonyl (C=O) groups excluding carboxylic acids is 3. The van der Waals surface area contributed by atoms with Crippen LogP contribution in [0.3, 0.4) is 0 Å². The van der Waals surface area contributed by atoms with E-state index >= 15 is 0 Å². The first-order valence-electron chi connectivity index (χ1n) is 6.34. The maximum Gasteiger partial charge on any atom is 0.243 e. The Labute approximate surface area is 126 Å². The molecule has 1 unspecified atom stereocenters. The van der Waals surface area contributed by atoms with Crippen molar-refractivity contribution in [2.24, 2.45) is 0 Å². The number of hydrogen-bond acceptors (Lipinski definition) is 4. The molecule has 1 heterocycles. The molecule has 0 aliphatic carbocycles. The molecule has 0 bridgehead atoms. The minimum Gasteiger partial charge on any atom is -0.353 e. The summed E-state index contributed by atoms with van der Waals surface area (Å²) in [6.07, 6.45) is 0. The summed E-state index contributed by atoms with van der Waals surface area (Å²) >= 11 is 6.02. The zero-order valence-corrected chi connectivity index (χ0v) is 12.1. The summed E-state index contributed by atoms with van der Waals surface area (Å²) in [6.45, 7) is 1.73. The molecule has 8 heteroatoms. The predicted molar refractivity (Wildman–Crippen MR) is 79.2 cm³/mol. The molecular weight excluding hydrogens is 296 g/mol. The Bertz CT molecular complexity index is 581. The molecule has 1 aromatic carbocycles. The minimum atomic E-state index is -0.489. The van der Waals surface area contributed by atoms with Crippen LogP contribution in [0.15, 0.2) is 18.2 Å². The largest absolute Gasteiger partial charge is 0.353 e. The van der Waals surface area contributed by atoms with Gasteiger partial charge in [-0.15, -0.1) is 0 Å². The van der Waals surface area contributed by atoms with Crippen LogP contribution in [-0.2, 0) is 14.4 Å². The quantitative estimate of drug-likeness (QED) is 0.646. The highest BCUT2D eigenvalue weighted by molar-refractivity contribution is 6.34. The molecule has 2 rings (SSSR count). The van der Waals surface area contributed by atoms with Gasteiger partial charge in [0.25, 0.3) is 0 Å². The SMILES string of the molecule is CC(=O)Nc1ccc(NC(=O)C2CNC(=O)CN2)cc1Cl. The van der Waals surface area contributed by atoms with Crippen molar-refractivity contribution in [2.45, 2.75) is 13.0 Å². The molecule has 1 aliphatic rings. The van der Waals surface area contributed by atoms with Gasteiger partial charge in [-0.1, -0.05) is 11.6 Å². The molecule has 0 aromatic heterocycles. The second kappa shape index (κ2) is 6.55. The molecule has 1 aromatic rings. The molecule has 1 saturated heterocycles. The lowest BCUT2D eigenvalue weighted by Gasteiger charge is -2.23. The smallest absolute Gasteiger partial charge is 0.243 e. The first kappa shape index (κ1) is 15.3. The highest BCUT2D eigenvalue weighted by atomic mass is 35.5. The van der Waals surface area contributed by atoms with Crippen molar-refractivity contribution >= 4 is 40.7 Å². The Kier molecular flexibility index (Phi) is 4.77. The third kappa shape index (κ3) is 4.17. The molecule has 7 nitrogen and oxygen atoms in total. The van der Waals surface area contributed by atoms with Crippen molar-refractivity contribution in [3.8, 4) is 0 Å². The van der Waals surface area contributed by atoms with E-state index < -0.39 is 6.04 Å². The van der Waals surface area contributed by atoms with Gasteiger partial charge >= 0.3 is 0 Å². The predicted octanol–water partition coefficient (Wildman–Crippen LogP) is 0.325. The summed E-state index contributed by atoms with van der Waals surface area (Å²) in [6, 6.07) is 4.30. The van der Waals surface area contributed by atoms with Gasteiger partial charge in [0.1, 0.15) is 6.04 Å². The summed E-state index contributed by atoms with van der Waals surface area (Å²) in [7, 11) is 0. The number of nitrogens with one attached hydrogen (secondary N) is 4. The highest BCUT2D eigenvalue weighted by Gasteiger charge is 2.23. The summed E-state index contributed by atoms with van der Waals surface area (Å²) < 4.78 is 0. The summed E-state index contributed by atoms with van der Waals surface area (Å²) in [4.78, 5) is 34.0. The molecule has 1 fully saturated rings. The van der Waals surface area contributed by atoms with Crippen LogP contribution in [-0.4, -0.2) is 36.9 Å². The van der Waals surface area contributed by atoms with Crippen molar-refractivity contribution < 1.29 is 14.4 Å². The second-order valence-corrected chi connectivity index (χ2v) is 5.01. The van der Waals surface area contributed by atoms with Gasteiger partial charge in [0, 0.05) is 19.2 Å². The van der Waals surface area contributed by atoms with Crippen molar-refractivity contribution in [3.05, 3.63) is 23.2 Å².